The third-order valence-corrected chi connectivity index (χ3v) is 19.3. The third kappa shape index (κ3) is 10.9. The van der Waals surface area contributed by atoms with E-state index in [-0.39, 0.29) is 44.8 Å². The maximum atomic E-state index is 7.67. The van der Waals surface area contributed by atoms with E-state index in [1.165, 1.54) is 53.4 Å². The van der Waals surface area contributed by atoms with E-state index in [1.807, 2.05) is 36.4 Å². The van der Waals surface area contributed by atoms with Crippen LogP contribution in [0.3, 0.4) is 0 Å². The summed E-state index contributed by atoms with van der Waals surface area (Å²) in [6.07, 6.45) is 15.3. The minimum atomic E-state index is -1.14. The molecule has 13 aromatic carbocycles. The Hall–Kier alpha value is -7.12. The molecule has 74 heavy (non-hydrogen) atoms. The van der Waals surface area contributed by atoms with Gasteiger partial charge >= 0.3 is 44.8 Å². The average molecular weight is 1170 g/mol. The van der Waals surface area contributed by atoms with Gasteiger partial charge in [0.15, 0.2) is 0 Å². The largest absolute Gasteiger partial charge is 1.00 e. The molecule has 0 radical (unpaired) electrons. The van der Waals surface area contributed by atoms with Crippen molar-refractivity contribution in [1.29, 1.82) is 0 Å². The minimum Gasteiger partial charge on any atom is -0.366 e. The summed E-state index contributed by atoms with van der Waals surface area (Å²) in [5, 5.41) is 22.6. The van der Waals surface area contributed by atoms with Gasteiger partial charge in [0.2, 0.25) is 0 Å². The van der Waals surface area contributed by atoms with Crippen molar-refractivity contribution in [2.24, 2.45) is 0 Å². The van der Waals surface area contributed by atoms with Gasteiger partial charge in [-0.15, -0.1) is 11.1 Å². The Morgan fingerprint density at radius 1 is 0.230 bits per heavy atom. The van der Waals surface area contributed by atoms with Crippen LogP contribution in [0, 0.1) is 24.7 Å². The van der Waals surface area contributed by atoms with E-state index in [1.54, 1.807) is 0 Å². The molecule has 0 N–H and O–H groups in total. The molecule has 0 amide bonds. The summed E-state index contributed by atoms with van der Waals surface area (Å²) in [6, 6.07) is 99.5. The predicted molar refractivity (Wildman–Crippen MR) is 317 cm³/mol. The minimum absolute atomic E-state index is 0. The molecule has 0 aliphatic heterocycles. The van der Waals surface area contributed by atoms with Crippen LogP contribution in [-0.4, -0.2) is 0 Å². The first-order valence-electron chi connectivity index (χ1n) is 24.2. The first-order chi connectivity index (χ1) is 35.6. The predicted octanol–water partition coefficient (Wildman–Crippen LogP) is 14.8. The first kappa shape index (κ1) is 51.8. The van der Waals surface area contributed by atoms with Crippen LogP contribution in [0.2, 0.25) is 0 Å². The molecular formula is C70H48Ag2P2+2. The number of rotatable bonds is 6. The van der Waals surface area contributed by atoms with E-state index in [0.29, 0.717) is 0 Å². The summed E-state index contributed by atoms with van der Waals surface area (Å²) < 4.78 is 0. The van der Waals surface area contributed by atoms with E-state index in [4.69, 9.17) is 12.8 Å². The van der Waals surface area contributed by atoms with Crippen molar-refractivity contribution < 1.29 is 44.8 Å². The van der Waals surface area contributed by atoms with Crippen LogP contribution in [-0.2, 0) is 44.8 Å². The van der Waals surface area contributed by atoms with Crippen molar-refractivity contribution in [2.45, 2.75) is 0 Å². The number of fused-ring (bicyclic) bond motifs is 6. The molecule has 0 unspecified atom stereocenters. The van der Waals surface area contributed by atoms with E-state index < -0.39 is 15.8 Å². The quantitative estimate of drug-likeness (QED) is 0.0512. The number of benzene rings is 13. The standard InChI is InChI=1S/C30H24P2.2C20H11.2Ag/c1-5-15-25(16-6-1)31(26-17-7-2-8-18-26)29-23-13-14-24-30(29)32(27-19-9-3-10-20-27)28-21-11-4-12-22-28;2*1-2-18-19-10-6-5-9-16(19)12-17-11-14-7-3-4-8-15(14)13-20(17)18;;/h1-24H;2*3-13H;;/q;2*-1;2*+1/p+2. The molecule has 0 fully saturated rings. The van der Waals surface area contributed by atoms with Crippen LogP contribution in [0.5, 0.6) is 0 Å². The summed E-state index contributed by atoms with van der Waals surface area (Å²) in [6.45, 7) is 0. The van der Waals surface area contributed by atoms with Crippen LogP contribution in [0.25, 0.3) is 64.6 Å². The fourth-order valence-corrected chi connectivity index (χ4v) is 16.1. The van der Waals surface area contributed by atoms with Crippen molar-refractivity contribution >= 4 is 112 Å². The molecule has 0 saturated carbocycles. The first-order valence-corrected chi connectivity index (χ1v) is 27.2. The van der Waals surface area contributed by atoms with Crippen molar-refractivity contribution in [1.82, 2.24) is 0 Å². The van der Waals surface area contributed by atoms with Crippen LogP contribution in [0.4, 0.5) is 0 Å². The van der Waals surface area contributed by atoms with Crippen molar-refractivity contribution in [2.75, 3.05) is 0 Å². The van der Waals surface area contributed by atoms with Gasteiger partial charge in [0.25, 0.3) is 0 Å². The summed E-state index contributed by atoms with van der Waals surface area (Å²) in [4.78, 5) is 0. The molecule has 0 aromatic heterocycles. The zero-order chi connectivity index (χ0) is 48.6. The van der Waals surface area contributed by atoms with Gasteiger partial charge < -0.3 is 12.8 Å². The zero-order valence-electron chi connectivity index (χ0n) is 40.2. The van der Waals surface area contributed by atoms with E-state index in [0.717, 1.165) is 54.2 Å². The monoisotopic (exact) mass is 1160 g/mol. The SMILES string of the molecule is [Ag+].[Ag+].[C-]#Cc1c2ccccc2cc2cc3ccccc3cc12.[C-]#Cc1c2ccccc2cc2cc3ccccc3cc12.c1ccc([PH+](c2ccccc2)c2ccccc2[PH+](c2ccccc2)c2ccccc2)cc1. The Bertz CT molecular complexity index is 3770. The second-order valence-corrected chi connectivity index (χ2v) is 22.7. The Labute approximate surface area is 468 Å². The maximum absolute atomic E-state index is 7.67. The second-order valence-electron chi connectivity index (χ2n) is 17.8. The van der Waals surface area contributed by atoms with Crippen molar-refractivity contribution in [3.8, 4) is 11.8 Å². The molecule has 4 heteroatoms. The van der Waals surface area contributed by atoms with Gasteiger partial charge in [0, 0.05) is 0 Å². The van der Waals surface area contributed by atoms with Crippen LogP contribution >= 0.6 is 15.8 Å². The Morgan fingerprint density at radius 2 is 0.473 bits per heavy atom. The molecule has 358 valence electrons. The van der Waals surface area contributed by atoms with E-state index in [9.17, 15) is 0 Å². The summed E-state index contributed by atoms with van der Waals surface area (Å²) >= 11 is 0. The molecule has 0 saturated heterocycles. The average Bonchev–Trinajstić information content (AvgIpc) is 3.46. The molecule has 0 heterocycles. The molecule has 13 aromatic rings. The fourth-order valence-electron chi connectivity index (χ4n) is 10.1. The maximum Gasteiger partial charge on any atom is 1.00 e. The van der Waals surface area contributed by atoms with Gasteiger partial charge in [-0.3, -0.25) is 11.8 Å². The molecule has 0 nitrogen and oxygen atoms in total. The second kappa shape index (κ2) is 24.3. The number of hydrogen-bond donors (Lipinski definition) is 0. The smallest absolute Gasteiger partial charge is 0.366 e. The van der Waals surface area contributed by atoms with Gasteiger partial charge in [0.05, 0.1) is 0 Å². The van der Waals surface area contributed by atoms with E-state index >= 15 is 0 Å². The molecule has 0 spiro atoms. The summed E-state index contributed by atoms with van der Waals surface area (Å²) in [5.41, 5.74) is 1.76. The molecular weight excluding hydrogens is 1120 g/mol. The van der Waals surface area contributed by atoms with Gasteiger partial charge in [0.1, 0.15) is 47.7 Å². The summed E-state index contributed by atoms with van der Waals surface area (Å²) in [7, 11) is -2.28. The van der Waals surface area contributed by atoms with Crippen LogP contribution in [0.15, 0.2) is 279 Å². The molecule has 0 aliphatic rings. The van der Waals surface area contributed by atoms with Crippen LogP contribution in [0.1, 0.15) is 11.1 Å². The van der Waals surface area contributed by atoms with E-state index in [2.05, 4.69) is 254 Å². The molecule has 0 atom stereocenters. The summed E-state index contributed by atoms with van der Waals surface area (Å²) in [5.74, 6) is 5.26. The molecule has 0 bridgehead atoms. The number of hydrogen-bond acceptors (Lipinski definition) is 0. The van der Waals surface area contributed by atoms with Crippen molar-refractivity contribution in [3.05, 3.63) is 303 Å². The topological polar surface area (TPSA) is 0 Å². The fraction of sp³-hybridized carbons (Fsp3) is 0. The third-order valence-electron chi connectivity index (χ3n) is 13.4. The Morgan fingerprint density at radius 3 is 0.784 bits per heavy atom. The zero-order valence-corrected chi connectivity index (χ0v) is 45.1. The molecule has 0 aliphatic carbocycles. The Kier molecular flexibility index (Phi) is 17.0. The van der Waals surface area contributed by atoms with Gasteiger partial charge in [-0.1, -0.05) is 216 Å². The van der Waals surface area contributed by atoms with Gasteiger partial charge in [-0.25, -0.2) is 0 Å². The van der Waals surface area contributed by atoms with Crippen molar-refractivity contribution in [3.63, 3.8) is 0 Å². The van der Waals surface area contributed by atoms with Gasteiger partial charge in [-0.2, -0.15) is 0 Å². The normalized spacial score (nSPS) is 10.7. The van der Waals surface area contributed by atoms with Crippen LogP contribution < -0.4 is 31.8 Å². The Balaban J connectivity index is 0.000000140. The van der Waals surface area contributed by atoms with Gasteiger partial charge in [-0.05, 0) is 128 Å². The molecule has 13 rings (SSSR count).